The second-order valence-electron chi connectivity index (χ2n) is 4.92. The van der Waals surface area contributed by atoms with Crippen molar-refractivity contribution in [1.82, 2.24) is 5.32 Å². The molecular formula is C16H14Cl2N4O. The van der Waals surface area contributed by atoms with E-state index in [0.717, 1.165) is 5.69 Å². The highest BCUT2D eigenvalue weighted by Crippen LogP contribution is 2.20. The number of urea groups is 1. The van der Waals surface area contributed by atoms with Crippen LogP contribution in [0.3, 0.4) is 0 Å². The zero-order valence-corrected chi connectivity index (χ0v) is 13.6. The molecule has 0 aliphatic carbocycles. The molecule has 5 nitrogen and oxygen atoms in total. The Morgan fingerprint density at radius 2 is 1.83 bits per heavy atom. The minimum Gasteiger partial charge on any atom is -0.310 e. The Morgan fingerprint density at radius 1 is 1.04 bits per heavy atom. The molecule has 0 saturated carbocycles. The third-order valence-electron chi connectivity index (χ3n) is 3.29. The van der Waals surface area contributed by atoms with Gasteiger partial charge in [-0.15, -0.1) is 0 Å². The summed E-state index contributed by atoms with van der Waals surface area (Å²) in [6.07, 6.45) is 0. The number of amides is 2. The molecule has 0 unspecified atom stereocenters. The second-order valence-corrected chi connectivity index (χ2v) is 5.80. The molecule has 3 rings (SSSR count). The van der Waals surface area contributed by atoms with Gasteiger partial charge in [0.05, 0.1) is 6.54 Å². The van der Waals surface area contributed by atoms with Gasteiger partial charge in [-0.1, -0.05) is 29.3 Å². The first kappa shape index (κ1) is 15.6. The lowest BCUT2D eigenvalue weighted by Crippen LogP contribution is -2.43. The molecule has 2 aromatic rings. The summed E-state index contributed by atoms with van der Waals surface area (Å²) in [5.74, 6) is 0.506. The third kappa shape index (κ3) is 3.94. The number of nitrogens with one attached hydrogen (secondary N) is 2. The van der Waals surface area contributed by atoms with Crippen LogP contribution in [0.2, 0.25) is 10.0 Å². The smallest absolute Gasteiger partial charge is 0.310 e. The van der Waals surface area contributed by atoms with E-state index in [1.54, 1.807) is 36.4 Å². The number of hydrogen-bond donors (Lipinski definition) is 2. The predicted molar refractivity (Wildman–Crippen MR) is 94.7 cm³/mol. The number of anilines is 2. The topological polar surface area (TPSA) is 56.7 Å². The largest absolute Gasteiger partial charge is 0.326 e. The van der Waals surface area contributed by atoms with Gasteiger partial charge in [0, 0.05) is 28.0 Å². The molecular weight excluding hydrogens is 335 g/mol. The van der Waals surface area contributed by atoms with Gasteiger partial charge in [-0.2, -0.15) is 0 Å². The molecule has 23 heavy (non-hydrogen) atoms. The quantitative estimate of drug-likeness (QED) is 0.861. The van der Waals surface area contributed by atoms with Crippen molar-refractivity contribution in [3.63, 3.8) is 0 Å². The Hall–Kier alpha value is -2.24. The molecule has 0 spiro atoms. The summed E-state index contributed by atoms with van der Waals surface area (Å²) in [5, 5.41) is 6.71. The van der Waals surface area contributed by atoms with Crippen LogP contribution in [0.25, 0.3) is 0 Å². The van der Waals surface area contributed by atoms with Crippen LogP contribution in [0.1, 0.15) is 0 Å². The van der Waals surface area contributed by atoms with Crippen molar-refractivity contribution in [3.8, 4) is 0 Å². The van der Waals surface area contributed by atoms with Crippen molar-refractivity contribution in [2.75, 3.05) is 23.3 Å². The Labute approximate surface area is 143 Å². The van der Waals surface area contributed by atoms with Gasteiger partial charge >= 0.3 is 6.03 Å². The minimum absolute atomic E-state index is 0.369. The van der Waals surface area contributed by atoms with Gasteiger partial charge in [0.2, 0.25) is 5.96 Å². The molecule has 1 aliphatic heterocycles. The van der Waals surface area contributed by atoms with Crippen LogP contribution in [0.5, 0.6) is 0 Å². The first-order valence-electron chi connectivity index (χ1n) is 7.03. The van der Waals surface area contributed by atoms with Gasteiger partial charge in [0.25, 0.3) is 0 Å². The lowest BCUT2D eigenvalue weighted by atomic mass is 10.3. The maximum atomic E-state index is 12.1. The van der Waals surface area contributed by atoms with E-state index in [9.17, 15) is 4.79 Å². The second kappa shape index (κ2) is 6.89. The number of benzene rings is 2. The molecule has 2 N–H and O–H groups in total. The van der Waals surface area contributed by atoms with Gasteiger partial charge in [0.1, 0.15) is 0 Å². The van der Waals surface area contributed by atoms with Gasteiger partial charge < -0.3 is 10.2 Å². The summed E-state index contributed by atoms with van der Waals surface area (Å²) in [7, 11) is 0. The normalized spacial score (nSPS) is 13.7. The summed E-state index contributed by atoms with van der Waals surface area (Å²) < 4.78 is 0. The van der Waals surface area contributed by atoms with Gasteiger partial charge in [-0.3, -0.25) is 10.3 Å². The fraction of sp³-hybridized carbons (Fsp3) is 0.125. The van der Waals surface area contributed by atoms with Crippen LogP contribution in [0.15, 0.2) is 53.5 Å². The van der Waals surface area contributed by atoms with E-state index >= 15 is 0 Å². The zero-order valence-electron chi connectivity index (χ0n) is 12.1. The summed E-state index contributed by atoms with van der Waals surface area (Å²) >= 11 is 11.8. The number of nitrogens with zero attached hydrogens (tertiary/aromatic N) is 2. The molecule has 118 valence electrons. The van der Waals surface area contributed by atoms with Crippen LogP contribution in [0.4, 0.5) is 16.2 Å². The Morgan fingerprint density at radius 3 is 2.57 bits per heavy atom. The molecule has 0 atom stereocenters. The average molecular weight is 349 g/mol. The lowest BCUT2D eigenvalue weighted by molar-refractivity contribution is 0.256. The van der Waals surface area contributed by atoms with Crippen LogP contribution < -0.4 is 15.5 Å². The summed E-state index contributed by atoms with van der Waals surface area (Å²) in [4.78, 5) is 18.4. The van der Waals surface area contributed by atoms with Crippen LogP contribution in [0, 0.1) is 0 Å². The van der Waals surface area contributed by atoms with E-state index < -0.39 is 0 Å². The number of guanidine groups is 1. The highest BCUT2D eigenvalue weighted by atomic mass is 35.5. The summed E-state index contributed by atoms with van der Waals surface area (Å²) in [6.45, 7) is 1.32. The molecule has 7 heteroatoms. The Bertz CT molecular complexity index is 746. The van der Waals surface area contributed by atoms with Gasteiger partial charge in [0.15, 0.2) is 0 Å². The lowest BCUT2D eigenvalue weighted by Gasteiger charge is -2.20. The highest BCUT2D eigenvalue weighted by molar-refractivity contribution is 6.31. The molecule has 0 radical (unpaired) electrons. The molecule has 0 bridgehead atoms. The summed E-state index contributed by atoms with van der Waals surface area (Å²) in [6, 6.07) is 14.0. The standard InChI is InChI=1S/C16H14Cl2N4O/c17-11-4-6-14(7-5-11)22-9-8-19-15(22)21-16(23)20-13-3-1-2-12(18)10-13/h1-7,10H,8-9H2,(H2,19,20,21,23). The fourth-order valence-electron chi connectivity index (χ4n) is 2.26. The number of carbonyl (C=O) groups is 1. The zero-order chi connectivity index (χ0) is 16.2. The minimum atomic E-state index is -0.369. The van der Waals surface area contributed by atoms with Crippen LogP contribution >= 0.6 is 23.2 Å². The van der Waals surface area contributed by atoms with Crippen molar-refractivity contribution < 1.29 is 4.79 Å². The monoisotopic (exact) mass is 348 g/mol. The molecule has 0 aromatic heterocycles. The number of carbonyl (C=O) groups excluding carboxylic acids is 1. The number of aliphatic imine (C=N–C) groups is 1. The van der Waals surface area contributed by atoms with Crippen molar-refractivity contribution in [2.45, 2.75) is 0 Å². The predicted octanol–water partition coefficient (Wildman–Crippen LogP) is 3.99. The van der Waals surface area contributed by atoms with Crippen LogP contribution in [-0.2, 0) is 0 Å². The number of rotatable bonds is 2. The molecule has 2 aromatic carbocycles. The number of hydrogen-bond acceptors (Lipinski definition) is 3. The SMILES string of the molecule is O=C(NC1=NCCN1c1ccc(Cl)cc1)Nc1cccc(Cl)c1. The van der Waals surface area contributed by atoms with E-state index in [4.69, 9.17) is 23.2 Å². The average Bonchev–Trinajstić information content (AvgIpc) is 2.96. The molecule has 2 amide bonds. The molecule has 1 aliphatic rings. The third-order valence-corrected chi connectivity index (χ3v) is 3.77. The van der Waals surface area contributed by atoms with Crippen molar-refractivity contribution in [1.29, 1.82) is 0 Å². The van der Waals surface area contributed by atoms with E-state index in [1.807, 2.05) is 17.0 Å². The van der Waals surface area contributed by atoms with E-state index in [2.05, 4.69) is 15.6 Å². The molecule has 0 saturated heterocycles. The number of halogens is 2. The van der Waals surface area contributed by atoms with Crippen molar-refractivity contribution in [3.05, 3.63) is 58.6 Å². The molecule has 1 heterocycles. The Kier molecular flexibility index (Phi) is 4.69. The van der Waals surface area contributed by atoms with Crippen molar-refractivity contribution in [2.24, 2.45) is 4.99 Å². The van der Waals surface area contributed by atoms with E-state index in [1.165, 1.54) is 0 Å². The van der Waals surface area contributed by atoms with Gasteiger partial charge in [-0.05, 0) is 42.5 Å². The maximum absolute atomic E-state index is 12.1. The maximum Gasteiger partial charge on any atom is 0.326 e. The van der Waals surface area contributed by atoms with E-state index in [0.29, 0.717) is 34.8 Å². The van der Waals surface area contributed by atoms with E-state index in [-0.39, 0.29) is 6.03 Å². The summed E-state index contributed by atoms with van der Waals surface area (Å²) in [5.41, 5.74) is 1.54. The van der Waals surface area contributed by atoms with Crippen LogP contribution in [-0.4, -0.2) is 25.1 Å². The van der Waals surface area contributed by atoms with Crippen molar-refractivity contribution >= 4 is 46.6 Å². The first-order valence-corrected chi connectivity index (χ1v) is 7.78. The fourth-order valence-corrected chi connectivity index (χ4v) is 2.57. The van der Waals surface area contributed by atoms with Gasteiger partial charge in [-0.25, -0.2) is 4.79 Å². The highest BCUT2D eigenvalue weighted by Gasteiger charge is 2.20. The Balaban J connectivity index is 1.66. The molecule has 0 fully saturated rings. The first-order chi connectivity index (χ1) is 11.1.